The van der Waals surface area contributed by atoms with Gasteiger partial charge in [0.15, 0.2) is 0 Å². The van der Waals surface area contributed by atoms with Gasteiger partial charge in [0.2, 0.25) is 5.91 Å². The Labute approximate surface area is 506 Å². The minimum atomic E-state index is -4.36. The molecule has 3 unspecified atom stereocenters. The molecular formula is C73H128N2O6P+. The topological polar surface area (TPSA) is 105 Å². The van der Waals surface area contributed by atoms with E-state index in [0.717, 1.165) is 109 Å². The van der Waals surface area contributed by atoms with Crippen molar-refractivity contribution in [3.05, 3.63) is 134 Å². The van der Waals surface area contributed by atoms with Crippen molar-refractivity contribution in [2.24, 2.45) is 0 Å². The Morgan fingerprint density at radius 3 is 1.07 bits per heavy atom. The predicted octanol–water partition coefficient (Wildman–Crippen LogP) is 21.4. The molecule has 0 heterocycles. The number of aliphatic hydroxyl groups is 1. The van der Waals surface area contributed by atoms with Crippen molar-refractivity contribution in [1.82, 2.24) is 5.32 Å². The molecule has 0 saturated heterocycles. The van der Waals surface area contributed by atoms with Crippen molar-refractivity contribution >= 4 is 13.7 Å². The summed E-state index contributed by atoms with van der Waals surface area (Å²) in [5.41, 5.74) is 0. The van der Waals surface area contributed by atoms with Crippen LogP contribution in [0, 0.1) is 0 Å². The maximum atomic E-state index is 13.0. The van der Waals surface area contributed by atoms with E-state index in [-0.39, 0.29) is 19.1 Å². The van der Waals surface area contributed by atoms with Crippen molar-refractivity contribution in [3.63, 3.8) is 0 Å². The lowest BCUT2D eigenvalue weighted by Crippen LogP contribution is -2.45. The molecule has 0 aliphatic carbocycles. The molecular weight excluding hydrogens is 1030 g/mol. The molecule has 82 heavy (non-hydrogen) atoms. The predicted molar refractivity (Wildman–Crippen MR) is 359 cm³/mol. The van der Waals surface area contributed by atoms with Gasteiger partial charge < -0.3 is 19.8 Å². The number of rotatable bonds is 60. The van der Waals surface area contributed by atoms with Crippen LogP contribution in [0.1, 0.15) is 271 Å². The fourth-order valence-corrected chi connectivity index (χ4v) is 9.92. The Hall–Kier alpha value is -3.36. The van der Waals surface area contributed by atoms with Crippen LogP contribution in [0.5, 0.6) is 0 Å². The number of hydrogen-bond acceptors (Lipinski definition) is 5. The summed E-state index contributed by atoms with van der Waals surface area (Å²) in [6, 6.07) is -0.858. The molecule has 0 radical (unpaired) electrons. The molecule has 1 amide bonds. The Balaban J connectivity index is 4.11. The summed E-state index contributed by atoms with van der Waals surface area (Å²) >= 11 is 0. The van der Waals surface area contributed by atoms with E-state index in [4.69, 9.17) is 9.05 Å². The molecule has 0 spiro atoms. The first-order valence-corrected chi connectivity index (χ1v) is 35.1. The summed E-state index contributed by atoms with van der Waals surface area (Å²) in [7, 11) is 1.56. The second-order valence-corrected chi connectivity index (χ2v) is 24.9. The Kier molecular flexibility index (Phi) is 59.6. The molecule has 0 bridgehead atoms. The maximum absolute atomic E-state index is 13.0. The molecule has 8 nitrogen and oxygen atoms in total. The molecule has 0 aliphatic rings. The first kappa shape index (κ1) is 78.6. The van der Waals surface area contributed by atoms with Gasteiger partial charge in [-0.3, -0.25) is 13.8 Å². The number of nitrogens with one attached hydrogen (secondary N) is 1. The third-order valence-electron chi connectivity index (χ3n) is 14.4. The van der Waals surface area contributed by atoms with Gasteiger partial charge in [-0.1, -0.05) is 302 Å². The monoisotopic (exact) mass is 1160 g/mol. The zero-order valence-electron chi connectivity index (χ0n) is 53.7. The molecule has 0 aromatic heterocycles. The highest BCUT2D eigenvalue weighted by molar-refractivity contribution is 7.47. The van der Waals surface area contributed by atoms with Gasteiger partial charge in [0.25, 0.3) is 0 Å². The van der Waals surface area contributed by atoms with Gasteiger partial charge in [-0.15, -0.1) is 0 Å². The minimum Gasteiger partial charge on any atom is -0.387 e. The average molecular weight is 1160 g/mol. The van der Waals surface area contributed by atoms with Gasteiger partial charge in [0.1, 0.15) is 13.2 Å². The number of likely N-dealkylation sites (N-methyl/N-ethyl adjacent to an activating group) is 1. The van der Waals surface area contributed by atoms with Crippen LogP contribution in [0.3, 0.4) is 0 Å². The first-order valence-electron chi connectivity index (χ1n) is 33.6. The SMILES string of the molecule is CC/C=C\C/C=C\C/C=C\C/C=C\C/C=C\C/C=C\C/C=C\C/C=C\C/C=C\C/C=C\CCCCCCCCCCCCC(=O)NC(COP(=O)(O)OCC[N+](C)(C)C)C(O)/C=C/CCCCCCCCCCCCCCCCCCC. The largest absolute Gasteiger partial charge is 0.472 e. The van der Waals surface area contributed by atoms with Crippen LogP contribution in [0.15, 0.2) is 134 Å². The Morgan fingerprint density at radius 2 is 0.732 bits per heavy atom. The molecule has 470 valence electrons. The third-order valence-corrected chi connectivity index (χ3v) is 15.4. The third kappa shape index (κ3) is 64.2. The van der Waals surface area contributed by atoms with Crippen LogP contribution in [0.25, 0.3) is 0 Å². The van der Waals surface area contributed by atoms with E-state index >= 15 is 0 Å². The number of carbonyl (C=O) groups is 1. The second-order valence-electron chi connectivity index (χ2n) is 23.5. The summed E-state index contributed by atoms with van der Waals surface area (Å²) in [5, 5.41) is 14.0. The van der Waals surface area contributed by atoms with E-state index in [0.29, 0.717) is 17.4 Å². The van der Waals surface area contributed by atoms with Crippen LogP contribution in [0.2, 0.25) is 0 Å². The van der Waals surface area contributed by atoms with Crippen LogP contribution in [-0.4, -0.2) is 73.4 Å². The van der Waals surface area contributed by atoms with Crippen LogP contribution < -0.4 is 5.32 Å². The number of carbonyl (C=O) groups excluding carboxylic acids is 1. The molecule has 3 atom stereocenters. The van der Waals surface area contributed by atoms with Gasteiger partial charge in [0.05, 0.1) is 39.9 Å². The highest BCUT2D eigenvalue weighted by atomic mass is 31.2. The minimum absolute atomic E-state index is 0.0554. The van der Waals surface area contributed by atoms with Gasteiger partial charge in [-0.25, -0.2) is 4.57 Å². The van der Waals surface area contributed by atoms with Crippen LogP contribution >= 0.6 is 7.82 Å². The second kappa shape index (κ2) is 62.2. The molecule has 3 N–H and O–H groups in total. The van der Waals surface area contributed by atoms with Crippen LogP contribution in [0.4, 0.5) is 0 Å². The van der Waals surface area contributed by atoms with E-state index in [1.165, 1.54) is 141 Å². The van der Waals surface area contributed by atoms with E-state index < -0.39 is 20.0 Å². The fourth-order valence-electron chi connectivity index (χ4n) is 9.19. The zero-order valence-corrected chi connectivity index (χ0v) is 54.6. The summed E-state index contributed by atoms with van der Waals surface area (Å²) in [6.07, 6.45) is 94.3. The fraction of sp³-hybridized carbons (Fsp3) is 0.685. The molecule has 9 heteroatoms. The summed E-state index contributed by atoms with van der Waals surface area (Å²) < 4.78 is 23.8. The molecule has 0 fully saturated rings. The van der Waals surface area contributed by atoms with Crippen molar-refractivity contribution in [3.8, 4) is 0 Å². The van der Waals surface area contributed by atoms with Crippen LogP contribution in [-0.2, 0) is 18.4 Å². The van der Waals surface area contributed by atoms with Gasteiger partial charge in [-0.05, 0) is 96.3 Å². The number of unbranched alkanes of at least 4 members (excludes halogenated alkanes) is 27. The number of amides is 1. The van der Waals surface area contributed by atoms with E-state index in [2.05, 4.69) is 141 Å². The smallest absolute Gasteiger partial charge is 0.387 e. The normalized spacial score (nSPS) is 14.6. The van der Waals surface area contributed by atoms with Crippen molar-refractivity contribution < 1.29 is 32.9 Å². The van der Waals surface area contributed by atoms with Gasteiger partial charge >= 0.3 is 7.82 Å². The summed E-state index contributed by atoms with van der Waals surface area (Å²) in [5.74, 6) is -0.185. The van der Waals surface area contributed by atoms with Crippen molar-refractivity contribution in [1.29, 1.82) is 0 Å². The molecule has 0 aromatic rings. The highest BCUT2D eigenvalue weighted by Gasteiger charge is 2.28. The zero-order chi connectivity index (χ0) is 59.8. The van der Waals surface area contributed by atoms with E-state index in [9.17, 15) is 19.4 Å². The Morgan fingerprint density at radius 1 is 0.427 bits per heavy atom. The molecule has 0 saturated carbocycles. The van der Waals surface area contributed by atoms with Crippen molar-refractivity contribution in [2.45, 2.75) is 283 Å². The average Bonchev–Trinajstić information content (AvgIpc) is 3.47. The van der Waals surface area contributed by atoms with Gasteiger partial charge in [-0.2, -0.15) is 0 Å². The van der Waals surface area contributed by atoms with Gasteiger partial charge in [0, 0.05) is 6.42 Å². The molecule has 0 aromatic carbocycles. The number of nitrogens with zero attached hydrogens (tertiary/aromatic N) is 1. The lowest BCUT2D eigenvalue weighted by molar-refractivity contribution is -0.870. The quantitative estimate of drug-likeness (QED) is 0.0243. The first-order chi connectivity index (χ1) is 40.0. The number of quaternary nitrogens is 1. The number of hydrogen-bond donors (Lipinski definition) is 3. The van der Waals surface area contributed by atoms with E-state index in [1.807, 2.05) is 27.2 Å². The molecule has 0 rings (SSSR count). The Bertz CT molecular complexity index is 1800. The highest BCUT2D eigenvalue weighted by Crippen LogP contribution is 2.43. The summed E-state index contributed by atoms with van der Waals surface area (Å²) in [4.78, 5) is 23.4. The number of aliphatic hydroxyl groups excluding tert-OH is 1. The summed E-state index contributed by atoms with van der Waals surface area (Å²) in [6.45, 7) is 4.71. The van der Waals surface area contributed by atoms with E-state index in [1.54, 1.807) is 6.08 Å². The lowest BCUT2D eigenvalue weighted by atomic mass is 10.0. The molecule has 0 aliphatic heterocycles. The van der Waals surface area contributed by atoms with Crippen molar-refractivity contribution in [2.75, 3.05) is 40.9 Å². The standard InChI is InChI=1S/C73H127N2O6P/c1-6-8-10-12-14-16-18-20-22-24-26-27-28-29-30-31-32-33-34-35-36-37-38-39-40-41-42-43-44-45-46-47-49-51-53-55-57-59-61-63-65-67-73(77)74-71(70-81-82(78,79)80-69-68-75(3,4)5)72(76)66-64-62-60-58-56-54-52-50-48-25-23-21-19-17-15-13-11-9-7-2/h8,10,14,16,20,22,26-27,29-30,32-33,35-36,38-39,41-42,44-45,64,66,71-72,76H,6-7,9,11-13,15,17-19,21,23-25,28,31,34,37,40,43,46-63,65,67-70H2,1-5H3,(H-,74,77,78,79)/p+1/b10-8-,16-14-,22-20-,27-26-,30-29-,33-32-,36-35-,39-38-,42-41-,45-44-,66-64+. The number of allylic oxidation sites excluding steroid dienone is 21. The number of phosphoric acid groups is 1. The lowest BCUT2D eigenvalue weighted by Gasteiger charge is -2.25. The number of phosphoric ester groups is 1. The maximum Gasteiger partial charge on any atom is 0.472 e.